The molecule has 1 aromatic rings. The average Bonchev–Trinajstić information content (AvgIpc) is 2.72. The van der Waals surface area contributed by atoms with Gasteiger partial charge in [0, 0.05) is 16.9 Å². The van der Waals surface area contributed by atoms with Gasteiger partial charge in [0.25, 0.3) is 0 Å². The molecule has 1 saturated heterocycles. The van der Waals surface area contributed by atoms with Crippen LogP contribution in [0.1, 0.15) is 31.9 Å². The predicted octanol–water partition coefficient (Wildman–Crippen LogP) is 2.98. The van der Waals surface area contributed by atoms with Crippen molar-refractivity contribution < 1.29 is 4.74 Å². The van der Waals surface area contributed by atoms with Crippen LogP contribution in [0.25, 0.3) is 0 Å². The molecule has 18 heavy (non-hydrogen) atoms. The molecule has 0 bridgehead atoms. The highest BCUT2D eigenvalue weighted by Crippen LogP contribution is 2.35. The zero-order valence-electron chi connectivity index (χ0n) is 10.8. The molecule has 1 unspecified atom stereocenters. The summed E-state index contributed by atoms with van der Waals surface area (Å²) in [7, 11) is 0. The van der Waals surface area contributed by atoms with E-state index in [4.69, 9.17) is 9.73 Å². The zero-order valence-corrected chi connectivity index (χ0v) is 11.6. The van der Waals surface area contributed by atoms with Gasteiger partial charge in [0.2, 0.25) is 0 Å². The van der Waals surface area contributed by atoms with Gasteiger partial charge < -0.3 is 10.1 Å². The standard InChI is InChI=1S/C14H18N2OS/c1-14(2)7-8-18-13(16-14)15-11-9-17-12-6-4-3-5-10(11)12/h3-6,11H,7-9H2,1-2H3,(H,15,16). The maximum Gasteiger partial charge on any atom is 0.157 e. The highest BCUT2D eigenvalue weighted by molar-refractivity contribution is 8.13. The van der Waals surface area contributed by atoms with Crippen LogP contribution >= 0.6 is 11.8 Å². The van der Waals surface area contributed by atoms with Gasteiger partial charge in [-0.1, -0.05) is 30.0 Å². The first-order chi connectivity index (χ1) is 8.64. The second-order valence-corrected chi connectivity index (χ2v) is 6.49. The molecule has 1 aromatic carbocycles. The number of nitrogens with one attached hydrogen (secondary N) is 1. The van der Waals surface area contributed by atoms with Crippen molar-refractivity contribution >= 4 is 16.9 Å². The van der Waals surface area contributed by atoms with Gasteiger partial charge in [-0.3, -0.25) is 4.99 Å². The molecule has 0 spiro atoms. The van der Waals surface area contributed by atoms with Crippen molar-refractivity contribution in [3.8, 4) is 5.75 Å². The van der Waals surface area contributed by atoms with Crippen LogP contribution in [0, 0.1) is 0 Å². The summed E-state index contributed by atoms with van der Waals surface area (Å²) in [6.07, 6.45) is 1.18. The van der Waals surface area contributed by atoms with Gasteiger partial charge in [-0.2, -0.15) is 0 Å². The summed E-state index contributed by atoms with van der Waals surface area (Å²) in [4.78, 5) is 4.82. The van der Waals surface area contributed by atoms with Crippen LogP contribution in [0.4, 0.5) is 0 Å². The van der Waals surface area contributed by atoms with Crippen LogP contribution in [0.5, 0.6) is 5.75 Å². The van der Waals surface area contributed by atoms with Gasteiger partial charge in [0.1, 0.15) is 18.4 Å². The Morgan fingerprint density at radius 3 is 3.06 bits per heavy atom. The molecule has 0 aromatic heterocycles. The third-order valence-electron chi connectivity index (χ3n) is 3.36. The van der Waals surface area contributed by atoms with E-state index in [0.717, 1.165) is 16.7 Å². The van der Waals surface area contributed by atoms with E-state index in [1.54, 1.807) is 0 Å². The van der Waals surface area contributed by atoms with E-state index in [1.807, 2.05) is 30.0 Å². The average molecular weight is 262 g/mol. The lowest BCUT2D eigenvalue weighted by Crippen LogP contribution is -2.46. The fourth-order valence-corrected chi connectivity index (χ4v) is 3.61. The molecule has 1 atom stereocenters. The number of para-hydroxylation sites is 1. The Bertz CT molecular complexity index is 484. The highest BCUT2D eigenvalue weighted by atomic mass is 32.2. The number of benzene rings is 1. The first-order valence-electron chi connectivity index (χ1n) is 6.35. The van der Waals surface area contributed by atoms with E-state index in [-0.39, 0.29) is 11.6 Å². The van der Waals surface area contributed by atoms with Gasteiger partial charge in [-0.25, -0.2) is 0 Å². The molecule has 0 saturated carbocycles. The van der Waals surface area contributed by atoms with Gasteiger partial charge >= 0.3 is 0 Å². The molecule has 4 heteroatoms. The maximum atomic E-state index is 5.66. The molecule has 0 aliphatic carbocycles. The minimum Gasteiger partial charge on any atom is -0.491 e. The molecule has 1 N–H and O–H groups in total. The molecule has 3 rings (SSSR count). The predicted molar refractivity (Wildman–Crippen MR) is 76.4 cm³/mol. The Kier molecular flexibility index (Phi) is 2.98. The summed E-state index contributed by atoms with van der Waals surface area (Å²) in [5, 5.41) is 4.56. The van der Waals surface area contributed by atoms with Crippen molar-refractivity contribution in [2.75, 3.05) is 12.4 Å². The van der Waals surface area contributed by atoms with Crippen LogP contribution in [-0.2, 0) is 0 Å². The Labute approximate surface area is 112 Å². The van der Waals surface area contributed by atoms with Crippen molar-refractivity contribution in [3.63, 3.8) is 0 Å². The second kappa shape index (κ2) is 4.50. The Morgan fingerprint density at radius 2 is 2.22 bits per heavy atom. The highest BCUT2D eigenvalue weighted by Gasteiger charge is 2.28. The lowest BCUT2D eigenvalue weighted by atomic mass is 10.0. The second-order valence-electron chi connectivity index (χ2n) is 5.41. The molecule has 3 nitrogen and oxygen atoms in total. The summed E-state index contributed by atoms with van der Waals surface area (Å²) in [6.45, 7) is 5.11. The lowest BCUT2D eigenvalue weighted by Gasteiger charge is -2.32. The summed E-state index contributed by atoms with van der Waals surface area (Å²) < 4.78 is 5.66. The number of hydrogen-bond acceptors (Lipinski definition) is 3. The minimum absolute atomic E-state index is 0.144. The van der Waals surface area contributed by atoms with Crippen LogP contribution in [0.15, 0.2) is 29.3 Å². The minimum atomic E-state index is 0.144. The quantitative estimate of drug-likeness (QED) is 0.844. The number of thioether (sulfide) groups is 1. The number of nitrogens with zero attached hydrogens (tertiary/aromatic N) is 1. The van der Waals surface area contributed by atoms with Gasteiger partial charge in [0.15, 0.2) is 5.17 Å². The molecular formula is C14H18N2OS. The molecule has 0 amide bonds. The van der Waals surface area contributed by atoms with E-state index in [9.17, 15) is 0 Å². The largest absolute Gasteiger partial charge is 0.491 e. The molecule has 2 aliphatic heterocycles. The van der Waals surface area contributed by atoms with Gasteiger partial charge in [-0.15, -0.1) is 0 Å². The zero-order chi connectivity index (χ0) is 12.6. The monoisotopic (exact) mass is 262 g/mol. The first-order valence-corrected chi connectivity index (χ1v) is 7.33. The molecule has 2 heterocycles. The topological polar surface area (TPSA) is 33.6 Å². The van der Waals surface area contributed by atoms with Crippen LogP contribution in [0.3, 0.4) is 0 Å². The van der Waals surface area contributed by atoms with Crippen LogP contribution < -0.4 is 10.1 Å². The first kappa shape index (κ1) is 11.9. The SMILES string of the molecule is CC1(C)CCSC(=NC2COc3ccccc32)N1. The van der Waals surface area contributed by atoms with Crippen molar-refractivity contribution in [2.45, 2.75) is 31.8 Å². The molecule has 96 valence electrons. The van der Waals surface area contributed by atoms with Gasteiger partial charge in [0.05, 0.1) is 0 Å². The van der Waals surface area contributed by atoms with E-state index >= 15 is 0 Å². The summed E-state index contributed by atoms with van der Waals surface area (Å²) in [6, 6.07) is 8.32. The molecule has 1 fully saturated rings. The molecule has 2 aliphatic rings. The third-order valence-corrected chi connectivity index (χ3v) is 4.25. The molecular weight excluding hydrogens is 244 g/mol. The van der Waals surface area contributed by atoms with Crippen molar-refractivity contribution in [1.29, 1.82) is 0 Å². The van der Waals surface area contributed by atoms with E-state index in [2.05, 4.69) is 25.2 Å². The Morgan fingerprint density at radius 1 is 1.39 bits per heavy atom. The van der Waals surface area contributed by atoms with Gasteiger partial charge in [-0.05, 0) is 26.3 Å². The smallest absolute Gasteiger partial charge is 0.157 e. The van der Waals surface area contributed by atoms with Crippen LogP contribution in [0.2, 0.25) is 0 Å². The summed E-state index contributed by atoms with van der Waals surface area (Å²) in [5.74, 6) is 2.11. The molecule has 0 radical (unpaired) electrons. The van der Waals surface area contributed by atoms with E-state index in [1.165, 1.54) is 12.0 Å². The number of rotatable bonds is 1. The van der Waals surface area contributed by atoms with Crippen molar-refractivity contribution in [1.82, 2.24) is 5.32 Å². The van der Waals surface area contributed by atoms with Crippen LogP contribution in [-0.4, -0.2) is 23.1 Å². The maximum absolute atomic E-state index is 5.66. The number of fused-ring (bicyclic) bond motifs is 1. The van der Waals surface area contributed by atoms with Crippen molar-refractivity contribution in [2.24, 2.45) is 4.99 Å². The number of ether oxygens (including phenoxy) is 1. The van der Waals surface area contributed by atoms with Crippen molar-refractivity contribution in [3.05, 3.63) is 29.8 Å². The number of hydrogen-bond donors (Lipinski definition) is 1. The summed E-state index contributed by atoms with van der Waals surface area (Å²) in [5.41, 5.74) is 1.36. The number of aliphatic imine (C=N–C) groups is 1. The fraction of sp³-hybridized carbons (Fsp3) is 0.500. The lowest BCUT2D eigenvalue weighted by molar-refractivity contribution is 0.333. The van der Waals surface area contributed by atoms with E-state index < -0.39 is 0 Å². The van der Waals surface area contributed by atoms with E-state index in [0.29, 0.717) is 6.61 Å². The fourth-order valence-electron chi connectivity index (χ4n) is 2.25. The number of amidine groups is 1. The Balaban J connectivity index is 1.81. The third kappa shape index (κ3) is 2.34. The normalized spacial score (nSPS) is 27.4. The Hall–Kier alpha value is -1.16. The summed E-state index contributed by atoms with van der Waals surface area (Å²) >= 11 is 1.81.